The first-order valence-corrected chi connectivity index (χ1v) is 8.66. The molecule has 2 rings (SSSR count). The molecule has 1 aromatic heterocycles. The van der Waals surface area contributed by atoms with Gasteiger partial charge in [-0.3, -0.25) is 0 Å². The smallest absolute Gasteiger partial charge is 0.0812 e. The summed E-state index contributed by atoms with van der Waals surface area (Å²) < 4.78 is 2.50. The molecule has 0 bridgehead atoms. The molecule has 1 N–H and O–H groups in total. The van der Waals surface area contributed by atoms with Crippen molar-refractivity contribution in [3.05, 3.63) is 23.0 Å². The van der Waals surface area contributed by atoms with Crippen LogP contribution >= 0.6 is 11.8 Å². The number of aromatic nitrogens is 1. The third-order valence-corrected chi connectivity index (χ3v) is 5.03. The lowest BCUT2D eigenvalue weighted by Gasteiger charge is -2.35. The molecule has 108 valence electrons. The molecule has 3 heteroatoms. The zero-order valence-corrected chi connectivity index (χ0v) is 13.7. The van der Waals surface area contributed by atoms with Crippen LogP contribution in [0.2, 0.25) is 0 Å². The molecule has 0 amide bonds. The molecule has 1 aliphatic rings. The minimum atomic E-state index is -0.287. The standard InChI is InChI=1S/C16H27NOS/c1-6-12(10-19-5)17-11(2)7-13-14(17)8-16(3,4)9-15(13)18/h7,12,15,18H,6,8-10H2,1-5H3. The highest BCUT2D eigenvalue weighted by Gasteiger charge is 2.35. The number of aliphatic hydroxyl groups is 1. The van der Waals surface area contributed by atoms with Crippen LogP contribution in [0, 0.1) is 12.3 Å². The maximum atomic E-state index is 10.4. The van der Waals surface area contributed by atoms with Gasteiger partial charge in [-0.15, -0.1) is 0 Å². The topological polar surface area (TPSA) is 25.2 Å². The third kappa shape index (κ3) is 2.87. The molecule has 0 aliphatic heterocycles. The monoisotopic (exact) mass is 281 g/mol. The molecule has 0 saturated heterocycles. The minimum Gasteiger partial charge on any atom is -0.388 e. The molecule has 0 saturated carbocycles. The Hall–Kier alpha value is -0.410. The Bertz CT molecular complexity index is 450. The first kappa shape index (κ1) is 15.0. The first-order valence-electron chi connectivity index (χ1n) is 7.27. The summed E-state index contributed by atoms with van der Waals surface area (Å²) in [6, 6.07) is 2.76. The summed E-state index contributed by atoms with van der Waals surface area (Å²) in [4.78, 5) is 0. The Morgan fingerprint density at radius 1 is 1.53 bits per heavy atom. The zero-order chi connectivity index (χ0) is 14.2. The van der Waals surface area contributed by atoms with Gasteiger partial charge < -0.3 is 9.67 Å². The molecule has 19 heavy (non-hydrogen) atoms. The van der Waals surface area contributed by atoms with Gasteiger partial charge in [-0.2, -0.15) is 11.8 Å². The molecule has 0 spiro atoms. The molecule has 2 nitrogen and oxygen atoms in total. The van der Waals surface area contributed by atoms with Crippen LogP contribution < -0.4 is 0 Å². The molecule has 0 radical (unpaired) electrons. The molecule has 2 unspecified atom stereocenters. The number of hydrogen-bond acceptors (Lipinski definition) is 2. The average Bonchev–Trinajstić information content (AvgIpc) is 2.62. The van der Waals surface area contributed by atoms with Crippen LogP contribution in [0.5, 0.6) is 0 Å². The molecule has 1 heterocycles. The Morgan fingerprint density at radius 2 is 2.21 bits per heavy atom. The van der Waals surface area contributed by atoms with E-state index in [1.165, 1.54) is 17.0 Å². The van der Waals surface area contributed by atoms with Crippen LogP contribution in [0.15, 0.2) is 6.07 Å². The second-order valence-electron chi connectivity index (χ2n) is 6.64. The number of hydrogen-bond donors (Lipinski definition) is 1. The van der Waals surface area contributed by atoms with Crippen LogP contribution in [0.4, 0.5) is 0 Å². The van der Waals surface area contributed by atoms with Crippen LogP contribution in [0.1, 0.15) is 62.7 Å². The Labute approximate surface area is 121 Å². The van der Waals surface area contributed by atoms with Crippen molar-refractivity contribution >= 4 is 11.8 Å². The number of aryl methyl sites for hydroxylation is 1. The molecule has 2 atom stereocenters. The Morgan fingerprint density at radius 3 is 2.79 bits per heavy atom. The molecular formula is C16H27NOS. The van der Waals surface area contributed by atoms with E-state index in [2.05, 4.69) is 44.6 Å². The van der Waals surface area contributed by atoms with Gasteiger partial charge in [-0.25, -0.2) is 0 Å². The lowest BCUT2D eigenvalue weighted by atomic mass is 9.75. The predicted octanol–water partition coefficient (Wildman–Crippen LogP) is 4.12. The summed E-state index contributed by atoms with van der Waals surface area (Å²) in [5.74, 6) is 1.15. The second kappa shape index (κ2) is 5.53. The number of fused-ring (bicyclic) bond motifs is 1. The Kier molecular flexibility index (Phi) is 4.36. The summed E-state index contributed by atoms with van der Waals surface area (Å²) in [5.41, 5.74) is 4.06. The maximum Gasteiger partial charge on any atom is 0.0812 e. The molecule has 1 aliphatic carbocycles. The fourth-order valence-electron chi connectivity index (χ4n) is 3.44. The fraction of sp³-hybridized carbons (Fsp3) is 0.750. The van der Waals surface area contributed by atoms with Crippen molar-refractivity contribution in [3.63, 3.8) is 0 Å². The summed E-state index contributed by atoms with van der Waals surface area (Å²) in [6.07, 6.45) is 5.00. The van der Waals surface area contributed by atoms with Crippen LogP contribution in [0.25, 0.3) is 0 Å². The molecule has 0 fully saturated rings. The number of aliphatic hydroxyl groups excluding tert-OH is 1. The maximum absolute atomic E-state index is 10.4. The highest BCUT2D eigenvalue weighted by molar-refractivity contribution is 7.98. The average molecular weight is 281 g/mol. The van der Waals surface area contributed by atoms with Crippen molar-refractivity contribution < 1.29 is 5.11 Å². The van der Waals surface area contributed by atoms with Gasteiger partial charge in [0.1, 0.15) is 0 Å². The van der Waals surface area contributed by atoms with Gasteiger partial charge in [0.15, 0.2) is 0 Å². The van der Waals surface area contributed by atoms with Crippen LogP contribution in [0.3, 0.4) is 0 Å². The van der Waals surface area contributed by atoms with Crippen molar-refractivity contribution in [3.8, 4) is 0 Å². The van der Waals surface area contributed by atoms with Gasteiger partial charge in [0.2, 0.25) is 0 Å². The van der Waals surface area contributed by atoms with E-state index < -0.39 is 0 Å². The highest BCUT2D eigenvalue weighted by atomic mass is 32.2. The van der Waals surface area contributed by atoms with Crippen LogP contribution in [-0.2, 0) is 6.42 Å². The largest absolute Gasteiger partial charge is 0.388 e. The lowest BCUT2D eigenvalue weighted by Crippen LogP contribution is -2.28. The molecule has 1 aromatic rings. The normalized spacial score (nSPS) is 23.2. The number of nitrogens with zero attached hydrogens (tertiary/aromatic N) is 1. The van der Waals surface area contributed by atoms with Gasteiger partial charge in [0.25, 0.3) is 0 Å². The number of rotatable bonds is 4. The first-order chi connectivity index (χ1) is 8.89. The minimum absolute atomic E-state index is 0.201. The third-order valence-electron chi connectivity index (χ3n) is 4.31. The Balaban J connectivity index is 2.46. The van der Waals surface area contributed by atoms with E-state index in [0.717, 1.165) is 25.0 Å². The van der Waals surface area contributed by atoms with Crippen molar-refractivity contribution in [2.75, 3.05) is 12.0 Å². The molecule has 0 aromatic carbocycles. The predicted molar refractivity (Wildman–Crippen MR) is 83.9 cm³/mol. The summed E-state index contributed by atoms with van der Waals surface area (Å²) in [7, 11) is 0. The summed E-state index contributed by atoms with van der Waals surface area (Å²) in [5, 5.41) is 10.4. The summed E-state index contributed by atoms with van der Waals surface area (Å²) in [6.45, 7) is 8.97. The van der Waals surface area contributed by atoms with E-state index in [1.54, 1.807) is 0 Å². The van der Waals surface area contributed by atoms with Crippen molar-refractivity contribution in [1.29, 1.82) is 0 Å². The SMILES string of the molecule is CCC(CSC)n1c(C)cc2c1CC(C)(C)CC2O. The van der Waals surface area contributed by atoms with Gasteiger partial charge in [-0.1, -0.05) is 20.8 Å². The van der Waals surface area contributed by atoms with E-state index >= 15 is 0 Å². The van der Waals surface area contributed by atoms with Gasteiger partial charge >= 0.3 is 0 Å². The van der Waals surface area contributed by atoms with Crippen molar-refractivity contribution in [2.24, 2.45) is 5.41 Å². The van der Waals surface area contributed by atoms with E-state index in [9.17, 15) is 5.11 Å². The van der Waals surface area contributed by atoms with E-state index in [4.69, 9.17) is 0 Å². The summed E-state index contributed by atoms with van der Waals surface area (Å²) >= 11 is 1.91. The fourth-order valence-corrected chi connectivity index (χ4v) is 4.21. The van der Waals surface area contributed by atoms with Crippen LogP contribution in [-0.4, -0.2) is 21.7 Å². The van der Waals surface area contributed by atoms with Gasteiger partial charge in [-0.05, 0) is 43.9 Å². The van der Waals surface area contributed by atoms with Gasteiger partial charge in [0, 0.05) is 28.7 Å². The molecular weight excluding hydrogens is 254 g/mol. The van der Waals surface area contributed by atoms with E-state index in [0.29, 0.717) is 6.04 Å². The highest BCUT2D eigenvalue weighted by Crippen LogP contribution is 2.43. The van der Waals surface area contributed by atoms with E-state index in [-0.39, 0.29) is 11.5 Å². The quantitative estimate of drug-likeness (QED) is 0.898. The lowest BCUT2D eigenvalue weighted by molar-refractivity contribution is 0.0975. The second-order valence-corrected chi connectivity index (χ2v) is 7.55. The van der Waals surface area contributed by atoms with Crippen molar-refractivity contribution in [2.45, 2.75) is 59.1 Å². The van der Waals surface area contributed by atoms with E-state index in [1.807, 2.05) is 11.8 Å². The number of thioether (sulfide) groups is 1. The van der Waals surface area contributed by atoms with Crippen molar-refractivity contribution in [1.82, 2.24) is 4.57 Å². The van der Waals surface area contributed by atoms with Gasteiger partial charge in [0.05, 0.1) is 6.10 Å². The zero-order valence-electron chi connectivity index (χ0n) is 12.9.